The highest BCUT2D eigenvalue weighted by Gasteiger charge is 2.17. The van der Waals surface area contributed by atoms with Gasteiger partial charge in [0, 0.05) is 6.42 Å². The molecule has 0 aliphatic rings. The van der Waals surface area contributed by atoms with Gasteiger partial charge in [-0.05, 0) is 18.1 Å². The summed E-state index contributed by atoms with van der Waals surface area (Å²) in [6, 6.07) is 1.29. The number of carbonyl (C=O) groups excluding carboxylic acids is 1. The molecule has 0 bridgehead atoms. The van der Waals surface area contributed by atoms with Gasteiger partial charge in [0.15, 0.2) is 17.3 Å². The van der Waals surface area contributed by atoms with E-state index >= 15 is 0 Å². The van der Waals surface area contributed by atoms with Crippen molar-refractivity contribution in [3.8, 4) is 11.5 Å². The van der Waals surface area contributed by atoms with E-state index in [4.69, 9.17) is 11.6 Å². The van der Waals surface area contributed by atoms with E-state index < -0.39 is 5.82 Å². The summed E-state index contributed by atoms with van der Waals surface area (Å²) < 4.78 is 18.0. The molecule has 0 amide bonds. The largest absolute Gasteiger partial charge is 0.504 e. The normalized spacial score (nSPS) is 10.1. The maximum absolute atomic E-state index is 13.3. The molecular weight excluding hydrogens is 223 g/mol. The first-order valence-corrected chi connectivity index (χ1v) is 4.67. The molecule has 0 aliphatic carbocycles. The number of ether oxygens (including phenoxy) is 1. The molecule has 82 valence electrons. The van der Waals surface area contributed by atoms with Crippen LogP contribution in [0.3, 0.4) is 0 Å². The van der Waals surface area contributed by atoms with Crippen molar-refractivity contribution >= 4 is 17.9 Å². The molecule has 1 N–H and O–H groups in total. The van der Waals surface area contributed by atoms with Crippen LogP contribution < -0.4 is 4.74 Å². The van der Waals surface area contributed by atoms with Crippen molar-refractivity contribution in [3.63, 3.8) is 0 Å². The quantitative estimate of drug-likeness (QED) is 0.811. The highest BCUT2D eigenvalue weighted by Crippen LogP contribution is 2.37. The van der Waals surface area contributed by atoms with Crippen molar-refractivity contribution in [1.82, 2.24) is 0 Å². The van der Waals surface area contributed by atoms with Crippen molar-refractivity contribution < 1.29 is 19.0 Å². The van der Waals surface area contributed by atoms with Gasteiger partial charge in [0.25, 0.3) is 0 Å². The second-order valence-electron chi connectivity index (χ2n) is 2.92. The SMILES string of the molecule is COc1c(O)c(CCC=O)cc(Cl)c1F. The number of aromatic hydroxyl groups is 1. The van der Waals surface area contributed by atoms with Crippen LogP contribution in [-0.4, -0.2) is 18.5 Å². The Morgan fingerprint density at radius 3 is 2.87 bits per heavy atom. The molecule has 0 unspecified atom stereocenters. The lowest BCUT2D eigenvalue weighted by molar-refractivity contribution is -0.107. The molecule has 0 spiro atoms. The standard InChI is InChI=1S/C10H10ClFO3/c1-15-10-8(12)7(11)5-6(9(10)14)3-2-4-13/h4-5,14H,2-3H2,1H3. The van der Waals surface area contributed by atoms with Gasteiger partial charge < -0.3 is 14.6 Å². The van der Waals surface area contributed by atoms with E-state index in [2.05, 4.69) is 4.74 Å². The number of methoxy groups -OCH3 is 1. The fourth-order valence-electron chi connectivity index (χ4n) is 1.23. The number of phenols is 1. The Bertz CT molecular complexity index is 379. The summed E-state index contributed by atoms with van der Waals surface area (Å²) in [5.74, 6) is -1.39. The predicted molar refractivity (Wildman–Crippen MR) is 54.0 cm³/mol. The molecule has 5 heteroatoms. The minimum atomic E-state index is -0.800. The van der Waals surface area contributed by atoms with E-state index in [1.165, 1.54) is 13.2 Å². The lowest BCUT2D eigenvalue weighted by Gasteiger charge is -2.10. The van der Waals surface area contributed by atoms with Gasteiger partial charge in [-0.2, -0.15) is 0 Å². The smallest absolute Gasteiger partial charge is 0.198 e. The van der Waals surface area contributed by atoms with Crippen molar-refractivity contribution in [2.45, 2.75) is 12.8 Å². The monoisotopic (exact) mass is 232 g/mol. The number of hydrogen-bond donors (Lipinski definition) is 1. The number of aldehydes is 1. The third-order valence-corrected chi connectivity index (χ3v) is 2.24. The van der Waals surface area contributed by atoms with Gasteiger partial charge in [0.1, 0.15) is 6.29 Å². The Morgan fingerprint density at radius 1 is 1.67 bits per heavy atom. The summed E-state index contributed by atoms with van der Waals surface area (Å²) in [6.45, 7) is 0. The van der Waals surface area contributed by atoms with Gasteiger partial charge in [0.05, 0.1) is 12.1 Å². The predicted octanol–water partition coefficient (Wildman–Crippen LogP) is 2.32. The molecule has 3 nitrogen and oxygen atoms in total. The highest BCUT2D eigenvalue weighted by molar-refractivity contribution is 6.31. The van der Waals surface area contributed by atoms with Gasteiger partial charge in [-0.3, -0.25) is 0 Å². The third-order valence-electron chi connectivity index (χ3n) is 1.96. The minimum absolute atomic E-state index is 0.134. The number of rotatable bonds is 4. The van der Waals surface area contributed by atoms with Crippen LogP contribution in [0.2, 0.25) is 5.02 Å². The van der Waals surface area contributed by atoms with Crippen molar-refractivity contribution in [1.29, 1.82) is 0 Å². The second kappa shape index (κ2) is 4.98. The van der Waals surface area contributed by atoms with Crippen LogP contribution in [-0.2, 0) is 11.2 Å². The Balaban J connectivity index is 3.17. The van der Waals surface area contributed by atoms with Crippen LogP contribution in [0.15, 0.2) is 6.07 Å². The van der Waals surface area contributed by atoms with Crippen LogP contribution in [0.1, 0.15) is 12.0 Å². The molecule has 0 saturated carbocycles. The molecule has 0 fully saturated rings. The maximum atomic E-state index is 13.3. The zero-order valence-electron chi connectivity index (χ0n) is 8.09. The van der Waals surface area contributed by atoms with Crippen molar-refractivity contribution in [2.75, 3.05) is 7.11 Å². The van der Waals surface area contributed by atoms with Gasteiger partial charge in [-0.1, -0.05) is 11.6 Å². The van der Waals surface area contributed by atoms with Gasteiger partial charge in [-0.25, -0.2) is 4.39 Å². The van der Waals surface area contributed by atoms with Crippen LogP contribution in [0.4, 0.5) is 4.39 Å². The summed E-state index contributed by atoms with van der Waals surface area (Å²) in [5, 5.41) is 9.45. The van der Waals surface area contributed by atoms with E-state index in [1.807, 2.05) is 0 Å². The average Bonchev–Trinajstić information content (AvgIpc) is 2.22. The van der Waals surface area contributed by atoms with Gasteiger partial charge in [-0.15, -0.1) is 0 Å². The molecular formula is C10H10ClFO3. The van der Waals surface area contributed by atoms with Crippen LogP contribution in [0.25, 0.3) is 0 Å². The molecule has 1 aromatic rings. The summed E-state index contributed by atoms with van der Waals surface area (Å²) in [6.07, 6.45) is 1.24. The van der Waals surface area contributed by atoms with E-state index in [1.54, 1.807) is 0 Å². The van der Waals surface area contributed by atoms with Crippen LogP contribution >= 0.6 is 11.6 Å². The Labute approximate surface area is 91.4 Å². The van der Waals surface area contributed by atoms with Crippen LogP contribution in [0, 0.1) is 5.82 Å². The lowest BCUT2D eigenvalue weighted by Crippen LogP contribution is -1.95. The number of benzene rings is 1. The first-order valence-electron chi connectivity index (χ1n) is 4.29. The highest BCUT2D eigenvalue weighted by atomic mass is 35.5. The maximum Gasteiger partial charge on any atom is 0.198 e. The summed E-state index contributed by atoms with van der Waals surface area (Å²) >= 11 is 5.59. The van der Waals surface area contributed by atoms with E-state index in [9.17, 15) is 14.3 Å². The Morgan fingerprint density at radius 2 is 2.33 bits per heavy atom. The molecule has 0 aliphatic heterocycles. The third kappa shape index (κ3) is 2.39. The zero-order valence-corrected chi connectivity index (χ0v) is 8.84. The number of carbonyl (C=O) groups is 1. The molecule has 0 aromatic heterocycles. The molecule has 0 saturated heterocycles. The van der Waals surface area contributed by atoms with Crippen LogP contribution in [0.5, 0.6) is 11.5 Å². The topological polar surface area (TPSA) is 46.5 Å². The zero-order chi connectivity index (χ0) is 11.4. The lowest BCUT2D eigenvalue weighted by atomic mass is 10.1. The summed E-state index contributed by atoms with van der Waals surface area (Å²) in [4.78, 5) is 10.2. The average molecular weight is 233 g/mol. The second-order valence-corrected chi connectivity index (χ2v) is 3.33. The summed E-state index contributed by atoms with van der Waals surface area (Å²) in [7, 11) is 1.23. The molecule has 0 radical (unpaired) electrons. The number of hydrogen-bond acceptors (Lipinski definition) is 3. The fourth-order valence-corrected chi connectivity index (χ4v) is 1.45. The first kappa shape index (κ1) is 11.8. The van der Waals surface area contributed by atoms with Crippen molar-refractivity contribution in [2.24, 2.45) is 0 Å². The fraction of sp³-hybridized carbons (Fsp3) is 0.300. The van der Waals surface area contributed by atoms with E-state index in [0.717, 1.165) is 0 Å². The molecule has 1 aromatic carbocycles. The number of halogens is 2. The molecule has 1 rings (SSSR count). The number of aryl methyl sites for hydroxylation is 1. The van der Waals surface area contributed by atoms with E-state index in [0.29, 0.717) is 18.3 Å². The minimum Gasteiger partial charge on any atom is -0.504 e. The first-order chi connectivity index (χ1) is 7.11. The van der Waals surface area contributed by atoms with Crippen molar-refractivity contribution in [3.05, 3.63) is 22.5 Å². The Kier molecular flexibility index (Phi) is 3.91. The van der Waals surface area contributed by atoms with Gasteiger partial charge >= 0.3 is 0 Å². The summed E-state index contributed by atoms with van der Waals surface area (Å²) in [5.41, 5.74) is 0.394. The van der Waals surface area contributed by atoms with Gasteiger partial charge in [0.2, 0.25) is 0 Å². The molecule has 0 heterocycles. The van der Waals surface area contributed by atoms with E-state index in [-0.39, 0.29) is 22.9 Å². The number of phenolic OH excluding ortho intramolecular Hbond substituents is 1. The molecule has 15 heavy (non-hydrogen) atoms. The Hall–Kier alpha value is -1.29. The molecule has 0 atom stereocenters.